The molecule has 0 radical (unpaired) electrons. The molecule has 5 heteroatoms. The van der Waals surface area contributed by atoms with Crippen LogP contribution in [0.5, 0.6) is 0 Å². The van der Waals surface area contributed by atoms with Crippen molar-refractivity contribution >= 4 is 39.6 Å². The smallest absolute Gasteiger partial charge is 0.0364 e. The number of hydrogen-bond acceptors (Lipinski definition) is 5. The summed E-state index contributed by atoms with van der Waals surface area (Å²) in [6.45, 7) is 2.12. The summed E-state index contributed by atoms with van der Waals surface area (Å²) >= 11 is 0. The van der Waals surface area contributed by atoms with Crippen LogP contribution in [0.15, 0.2) is 54.6 Å². The first-order valence-corrected chi connectivity index (χ1v) is 10.5. The number of allylic oxidation sites excluding steroid dienone is 5. The van der Waals surface area contributed by atoms with Crippen molar-refractivity contribution in [1.29, 1.82) is 5.41 Å². The summed E-state index contributed by atoms with van der Waals surface area (Å²) in [6.07, 6.45) is 12.7. The molecule has 130 valence electrons. The third-order valence-electron chi connectivity index (χ3n) is 3.19. The molecule has 0 aliphatic heterocycles. The van der Waals surface area contributed by atoms with E-state index in [0.717, 1.165) is 24.6 Å². The van der Waals surface area contributed by atoms with Crippen LogP contribution < -0.4 is 10.2 Å². The second-order valence-corrected chi connectivity index (χ2v) is 7.76. The van der Waals surface area contributed by atoms with E-state index in [9.17, 15) is 0 Å². The van der Waals surface area contributed by atoms with Crippen LogP contribution in [-0.4, -0.2) is 44.9 Å². The Kier molecular flexibility index (Phi) is 12.0. The SMILES string of the molecule is CNCCSSCCN(C)c1ccc(/C=C/C=C/C=C\C=N)cc1. The summed E-state index contributed by atoms with van der Waals surface area (Å²) in [5.41, 5.74) is 2.43. The van der Waals surface area contributed by atoms with Crippen molar-refractivity contribution in [3.63, 3.8) is 0 Å². The summed E-state index contributed by atoms with van der Waals surface area (Å²) in [6, 6.07) is 8.60. The third kappa shape index (κ3) is 9.65. The van der Waals surface area contributed by atoms with E-state index in [1.165, 1.54) is 17.5 Å². The van der Waals surface area contributed by atoms with Gasteiger partial charge in [0.2, 0.25) is 0 Å². The van der Waals surface area contributed by atoms with Crippen LogP contribution >= 0.6 is 21.6 Å². The Bertz CT molecular complexity index is 536. The molecule has 1 aromatic rings. The fourth-order valence-corrected chi connectivity index (χ4v) is 3.87. The largest absolute Gasteiger partial charge is 0.374 e. The summed E-state index contributed by atoms with van der Waals surface area (Å²) in [4.78, 5) is 2.29. The normalized spacial score (nSPS) is 11.8. The van der Waals surface area contributed by atoms with Gasteiger partial charge in [-0.15, -0.1) is 0 Å². The highest BCUT2D eigenvalue weighted by Gasteiger charge is 2.00. The molecule has 0 atom stereocenters. The van der Waals surface area contributed by atoms with Gasteiger partial charge in [-0.3, -0.25) is 0 Å². The lowest BCUT2D eigenvalue weighted by atomic mass is 10.2. The van der Waals surface area contributed by atoms with Crippen molar-refractivity contribution in [2.45, 2.75) is 0 Å². The number of hydrogen-bond donors (Lipinski definition) is 2. The molecule has 0 aliphatic rings. The van der Waals surface area contributed by atoms with Crippen molar-refractivity contribution in [2.75, 3.05) is 43.6 Å². The van der Waals surface area contributed by atoms with Gasteiger partial charge < -0.3 is 15.6 Å². The molecule has 0 unspecified atom stereocenters. The lowest BCUT2D eigenvalue weighted by Gasteiger charge is -2.19. The van der Waals surface area contributed by atoms with Gasteiger partial charge in [-0.1, -0.05) is 64.1 Å². The predicted molar refractivity (Wildman–Crippen MR) is 115 cm³/mol. The molecule has 24 heavy (non-hydrogen) atoms. The van der Waals surface area contributed by atoms with E-state index in [2.05, 4.69) is 47.6 Å². The van der Waals surface area contributed by atoms with E-state index in [-0.39, 0.29) is 0 Å². The van der Waals surface area contributed by atoms with E-state index in [1.807, 2.05) is 52.9 Å². The molecule has 0 amide bonds. The molecular weight excluding hydrogens is 334 g/mol. The van der Waals surface area contributed by atoms with Crippen LogP contribution in [-0.2, 0) is 0 Å². The minimum absolute atomic E-state index is 1.05. The molecule has 0 aliphatic carbocycles. The monoisotopic (exact) mass is 361 g/mol. The minimum atomic E-state index is 1.05. The summed E-state index contributed by atoms with van der Waals surface area (Å²) < 4.78 is 0. The summed E-state index contributed by atoms with van der Waals surface area (Å²) in [5, 5.41) is 10.0. The Morgan fingerprint density at radius 1 is 1.00 bits per heavy atom. The number of anilines is 1. The third-order valence-corrected chi connectivity index (χ3v) is 5.58. The molecule has 3 nitrogen and oxygen atoms in total. The van der Waals surface area contributed by atoms with Crippen LogP contribution in [0.3, 0.4) is 0 Å². The molecule has 0 aromatic heterocycles. The molecule has 0 spiro atoms. The Hall–Kier alpha value is -1.43. The van der Waals surface area contributed by atoms with E-state index in [4.69, 9.17) is 5.41 Å². The van der Waals surface area contributed by atoms with Crippen LogP contribution in [0, 0.1) is 5.41 Å². The number of rotatable bonds is 12. The molecule has 0 heterocycles. The van der Waals surface area contributed by atoms with Gasteiger partial charge in [0.1, 0.15) is 0 Å². The van der Waals surface area contributed by atoms with E-state index in [1.54, 1.807) is 6.08 Å². The van der Waals surface area contributed by atoms with E-state index < -0.39 is 0 Å². The van der Waals surface area contributed by atoms with Gasteiger partial charge in [-0.2, -0.15) is 0 Å². The molecular formula is C19H27N3S2. The van der Waals surface area contributed by atoms with E-state index >= 15 is 0 Å². The van der Waals surface area contributed by atoms with Crippen LogP contribution in [0.2, 0.25) is 0 Å². The average Bonchev–Trinajstić information content (AvgIpc) is 2.61. The van der Waals surface area contributed by atoms with Gasteiger partial charge in [0.25, 0.3) is 0 Å². The Labute approximate surface area is 154 Å². The lowest BCUT2D eigenvalue weighted by molar-refractivity contribution is 0.873. The number of nitrogens with one attached hydrogen (secondary N) is 2. The van der Waals surface area contributed by atoms with Gasteiger partial charge in [0.15, 0.2) is 0 Å². The standard InChI is InChI=1S/C19H27N3S2/c1-21-14-16-23-24-17-15-22(2)19-11-9-18(10-12-19)8-6-4-3-5-7-13-20/h3-13,20-21H,14-17H2,1-2H3/b4-3+,7-5-,8-6+,20-13?. The second kappa shape index (κ2) is 14.0. The maximum atomic E-state index is 6.88. The first-order valence-electron chi connectivity index (χ1n) is 7.98. The lowest BCUT2D eigenvalue weighted by Crippen LogP contribution is -2.19. The molecule has 0 saturated carbocycles. The van der Waals surface area contributed by atoms with Crippen molar-refractivity contribution in [2.24, 2.45) is 0 Å². The molecule has 0 saturated heterocycles. The van der Waals surface area contributed by atoms with Crippen LogP contribution in [0.1, 0.15) is 5.56 Å². The number of benzene rings is 1. The Morgan fingerprint density at radius 2 is 1.67 bits per heavy atom. The van der Waals surface area contributed by atoms with E-state index in [0.29, 0.717) is 0 Å². The highest BCUT2D eigenvalue weighted by atomic mass is 33.1. The van der Waals surface area contributed by atoms with Crippen molar-refractivity contribution in [3.8, 4) is 0 Å². The topological polar surface area (TPSA) is 39.1 Å². The molecule has 2 N–H and O–H groups in total. The highest BCUT2D eigenvalue weighted by molar-refractivity contribution is 8.76. The fraction of sp³-hybridized carbons (Fsp3) is 0.316. The predicted octanol–water partition coefficient (Wildman–Crippen LogP) is 4.50. The zero-order chi connectivity index (χ0) is 17.5. The molecule has 0 bridgehead atoms. The average molecular weight is 362 g/mol. The van der Waals surface area contributed by atoms with Gasteiger partial charge >= 0.3 is 0 Å². The van der Waals surface area contributed by atoms with Crippen molar-refractivity contribution in [3.05, 3.63) is 60.2 Å². The molecule has 1 aromatic carbocycles. The van der Waals surface area contributed by atoms with Gasteiger partial charge in [-0.05, 0) is 30.8 Å². The maximum Gasteiger partial charge on any atom is 0.0364 e. The summed E-state index contributed by atoms with van der Waals surface area (Å²) in [5.74, 6) is 2.28. The number of nitrogens with zero attached hydrogens (tertiary/aromatic N) is 1. The maximum absolute atomic E-state index is 6.88. The van der Waals surface area contributed by atoms with Gasteiger partial charge in [-0.25, -0.2) is 0 Å². The van der Waals surface area contributed by atoms with Crippen LogP contribution in [0.25, 0.3) is 6.08 Å². The zero-order valence-corrected chi connectivity index (χ0v) is 16.1. The van der Waals surface area contributed by atoms with Crippen molar-refractivity contribution < 1.29 is 0 Å². The zero-order valence-electron chi connectivity index (χ0n) is 14.4. The first kappa shape index (κ1) is 20.6. The van der Waals surface area contributed by atoms with Crippen LogP contribution in [0.4, 0.5) is 5.69 Å². The second-order valence-electron chi connectivity index (χ2n) is 5.06. The highest BCUT2D eigenvalue weighted by Crippen LogP contribution is 2.21. The Morgan fingerprint density at radius 3 is 2.38 bits per heavy atom. The van der Waals surface area contributed by atoms with Crippen molar-refractivity contribution in [1.82, 2.24) is 5.32 Å². The molecule has 1 rings (SSSR count). The minimum Gasteiger partial charge on any atom is -0.374 e. The Balaban J connectivity index is 2.34. The first-order chi connectivity index (χ1) is 11.8. The fourth-order valence-electron chi connectivity index (χ4n) is 1.82. The van der Waals surface area contributed by atoms with Gasteiger partial charge in [0.05, 0.1) is 0 Å². The summed E-state index contributed by atoms with van der Waals surface area (Å²) in [7, 11) is 7.99. The quantitative estimate of drug-likeness (QED) is 0.249. The van der Waals surface area contributed by atoms with Gasteiger partial charge in [0, 0.05) is 43.5 Å². The molecule has 0 fully saturated rings.